The van der Waals surface area contributed by atoms with E-state index in [1.807, 2.05) is 17.9 Å². The normalized spacial score (nSPS) is 21.5. The molecule has 3 N–H and O–H groups in total. The minimum atomic E-state index is 0.143. The molecular formula is C10H15BrN4. The zero-order valence-corrected chi connectivity index (χ0v) is 10.3. The van der Waals surface area contributed by atoms with Crippen LogP contribution in [0.2, 0.25) is 0 Å². The highest BCUT2D eigenvalue weighted by Gasteiger charge is 2.12. The molecule has 0 fully saturated rings. The molecule has 0 bridgehead atoms. The number of rotatable bonds is 2. The molecular weight excluding hydrogens is 256 g/mol. The fourth-order valence-electron chi connectivity index (χ4n) is 1.81. The van der Waals surface area contributed by atoms with Crippen LogP contribution in [0.15, 0.2) is 22.4 Å². The molecule has 1 aliphatic rings. The summed E-state index contributed by atoms with van der Waals surface area (Å²) >= 11 is 3.45. The van der Waals surface area contributed by atoms with E-state index in [9.17, 15) is 0 Å². The van der Waals surface area contributed by atoms with E-state index in [1.54, 1.807) is 0 Å². The number of nitrogens with two attached hydrogens (primary N) is 1. The van der Waals surface area contributed by atoms with Crippen molar-refractivity contribution in [2.45, 2.75) is 12.5 Å². The molecule has 5 heteroatoms. The fourth-order valence-corrected chi connectivity index (χ4v) is 2.31. The van der Waals surface area contributed by atoms with Gasteiger partial charge in [-0.25, -0.2) is 0 Å². The largest absolute Gasteiger partial charge is 0.323 e. The van der Waals surface area contributed by atoms with Crippen molar-refractivity contribution in [3.05, 3.63) is 28.0 Å². The third-order valence-electron chi connectivity index (χ3n) is 2.45. The lowest BCUT2D eigenvalue weighted by atomic mass is 10.0. The molecule has 1 aromatic heterocycles. The number of aromatic nitrogens is 2. The van der Waals surface area contributed by atoms with Crippen LogP contribution < -0.4 is 11.1 Å². The second kappa shape index (κ2) is 4.47. The van der Waals surface area contributed by atoms with Crippen molar-refractivity contribution in [3.8, 4) is 0 Å². The van der Waals surface area contributed by atoms with Gasteiger partial charge in [-0.3, -0.25) is 4.68 Å². The van der Waals surface area contributed by atoms with Gasteiger partial charge in [-0.05, 0) is 22.4 Å². The van der Waals surface area contributed by atoms with Crippen LogP contribution in [0.25, 0.3) is 0 Å². The predicted octanol–water partition coefficient (Wildman–Crippen LogP) is 0.582. The summed E-state index contributed by atoms with van der Waals surface area (Å²) < 4.78 is 2.74. The van der Waals surface area contributed by atoms with Crippen LogP contribution in [0.3, 0.4) is 0 Å². The van der Waals surface area contributed by atoms with Gasteiger partial charge < -0.3 is 11.1 Å². The van der Waals surface area contributed by atoms with Crippen molar-refractivity contribution in [1.82, 2.24) is 15.1 Å². The zero-order chi connectivity index (χ0) is 10.8. The van der Waals surface area contributed by atoms with Gasteiger partial charge in [0, 0.05) is 37.9 Å². The van der Waals surface area contributed by atoms with Crippen LogP contribution in [-0.4, -0.2) is 28.9 Å². The number of halogens is 1. The second-order valence-corrected chi connectivity index (χ2v) is 4.67. The summed E-state index contributed by atoms with van der Waals surface area (Å²) in [6.07, 6.45) is 5.09. The molecule has 0 saturated heterocycles. The molecule has 1 aliphatic heterocycles. The summed E-state index contributed by atoms with van der Waals surface area (Å²) in [5.41, 5.74) is 8.39. The predicted molar refractivity (Wildman–Crippen MR) is 63.5 cm³/mol. The van der Waals surface area contributed by atoms with E-state index in [0.717, 1.165) is 24.1 Å². The third-order valence-corrected chi connectivity index (χ3v) is 3.12. The Kier molecular flexibility index (Phi) is 3.23. The highest BCUT2D eigenvalue weighted by atomic mass is 79.9. The van der Waals surface area contributed by atoms with Crippen LogP contribution in [-0.2, 0) is 13.5 Å². The summed E-state index contributed by atoms with van der Waals surface area (Å²) in [6, 6.07) is 0.143. The maximum Gasteiger partial charge on any atom is 0.131 e. The van der Waals surface area contributed by atoms with Gasteiger partial charge in [0.2, 0.25) is 0 Å². The molecule has 4 nitrogen and oxygen atoms in total. The van der Waals surface area contributed by atoms with E-state index in [2.05, 4.69) is 32.4 Å². The lowest BCUT2D eigenvalue weighted by Crippen LogP contribution is -2.38. The molecule has 1 unspecified atom stereocenters. The van der Waals surface area contributed by atoms with Gasteiger partial charge in [0.15, 0.2) is 0 Å². The summed E-state index contributed by atoms with van der Waals surface area (Å²) in [7, 11) is 1.92. The molecule has 1 aromatic rings. The molecule has 0 radical (unpaired) electrons. The van der Waals surface area contributed by atoms with E-state index in [-0.39, 0.29) is 6.04 Å². The maximum atomic E-state index is 5.85. The first kappa shape index (κ1) is 10.9. The van der Waals surface area contributed by atoms with Gasteiger partial charge in [-0.1, -0.05) is 11.6 Å². The van der Waals surface area contributed by atoms with Gasteiger partial charge in [0.05, 0.1) is 0 Å². The van der Waals surface area contributed by atoms with E-state index in [0.29, 0.717) is 0 Å². The molecule has 15 heavy (non-hydrogen) atoms. The summed E-state index contributed by atoms with van der Waals surface area (Å²) in [5, 5.41) is 7.55. The van der Waals surface area contributed by atoms with E-state index in [4.69, 9.17) is 5.73 Å². The van der Waals surface area contributed by atoms with Crippen LogP contribution in [0.5, 0.6) is 0 Å². The molecule has 82 valence electrons. The topological polar surface area (TPSA) is 55.9 Å². The number of hydrogen-bond acceptors (Lipinski definition) is 3. The number of nitrogens with one attached hydrogen (secondary N) is 1. The molecule has 0 amide bonds. The van der Waals surface area contributed by atoms with Crippen LogP contribution in [0, 0.1) is 0 Å². The first-order chi connectivity index (χ1) is 7.15. The van der Waals surface area contributed by atoms with Crippen LogP contribution in [0.4, 0.5) is 0 Å². The summed E-state index contributed by atoms with van der Waals surface area (Å²) in [4.78, 5) is 0. The van der Waals surface area contributed by atoms with Gasteiger partial charge >= 0.3 is 0 Å². The minimum absolute atomic E-state index is 0.143. The van der Waals surface area contributed by atoms with Gasteiger partial charge in [0.1, 0.15) is 4.60 Å². The molecule has 2 heterocycles. The first-order valence-electron chi connectivity index (χ1n) is 4.99. The highest BCUT2D eigenvalue weighted by molar-refractivity contribution is 9.10. The van der Waals surface area contributed by atoms with Crippen molar-refractivity contribution in [1.29, 1.82) is 0 Å². The molecule has 0 saturated carbocycles. The van der Waals surface area contributed by atoms with Gasteiger partial charge in [-0.15, -0.1) is 0 Å². The smallest absolute Gasteiger partial charge is 0.131 e. The molecule has 0 aromatic carbocycles. The Balaban J connectivity index is 2.11. The average molecular weight is 271 g/mol. The lowest BCUT2D eigenvalue weighted by molar-refractivity contribution is 0.627. The Labute approximate surface area is 97.7 Å². The van der Waals surface area contributed by atoms with E-state index >= 15 is 0 Å². The van der Waals surface area contributed by atoms with Crippen molar-refractivity contribution in [3.63, 3.8) is 0 Å². The fraction of sp³-hybridized carbons (Fsp3) is 0.500. The van der Waals surface area contributed by atoms with Gasteiger partial charge in [0.25, 0.3) is 0 Å². The van der Waals surface area contributed by atoms with E-state index < -0.39 is 0 Å². The summed E-state index contributed by atoms with van der Waals surface area (Å²) in [6.45, 7) is 1.80. The van der Waals surface area contributed by atoms with Gasteiger partial charge in [-0.2, -0.15) is 5.10 Å². The molecule has 0 aliphatic carbocycles. The number of nitrogens with zero attached hydrogens (tertiary/aromatic N) is 2. The number of hydrogen-bond donors (Lipinski definition) is 2. The average Bonchev–Trinajstić information content (AvgIpc) is 2.45. The second-order valence-electron chi connectivity index (χ2n) is 3.92. The zero-order valence-electron chi connectivity index (χ0n) is 8.70. The van der Waals surface area contributed by atoms with E-state index in [1.165, 1.54) is 11.1 Å². The van der Waals surface area contributed by atoms with Crippen molar-refractivity contribution in [2.24, 2.45) is 12.8 Å². The monoisotopic (exact) mass is 270 g/mol. The highest BCUT2D eigenvalue weighted by Crippen LogP contribution is 2.18. The lowest BCUT2D eigenvalue weighted by Gasteiger charge is -2.18. The number of aryl methyl sites for hydroxylation is 1. The van der Waals surface area contributed by atoms with Crippen molar-refractivity contribution < 1.29 is 0 Å². The molecule has 1 atom stereocenters. The summed E-state index contributed by atoms with van der Waals surface area (Å²) in [5.74, 6) is 0. The van der Waals surface area contributed by atoms with Crippen molar-refractivity contribution >= 4 is 15.9 Å². The Morgan fingerprint density at radius 2 is 2.53 bits per heavy atom. The Morgan fingerprint density at radius 1 is 1.73 bits per heavy atom. The maximum absolute atomic E-state index is 5.85. The van der Waals surface area contributed by atoms with Crippen molar-refractivity contribution in [2.75, 3.05) is 13.1 Å². The minimum Gasteiger partial charge on any atom is -0.323 e. The first-order valence-corrected chi connectivity index (χ1v) is 5.78. The Hall–Kier alpha value is -0.650. The Morgan fingerprint density at radius 3 is 3.13 bits per heavy atom. The third kappa shape index (κ3) is 2.68. The molecule has 2 rings (SSSR count). The SMILES string of the molecule is Cn1cc(CC2=CC(N)CNC2)c(Br)n1. The standard InChI is InChI=1S/C10H15BrN4/c1-15-6-8(10(11)14-15)2-7-3-9(12)5-13-4-7/h3,6,9,13H,2,4-5,12H2,1H3. The quantitative estimate of drug-likeness (QED) is 0.774. The molecule has 0 spiro atoms. The van der Waals surface area contributed by atoms with Crippen LogP contribution >= 0.6 is 15.9 Å². The van der Waals surface area contributed by atoms with Crippen LogP contribution in [0.1, 0.15) is 5.56 Å². The Bertz CT molecular complexity index is 383.